The van der Waals surface area contributed by atoms with Crippen molar-refractivity contribution in [2.75, 3.05) is 0 Å². The number of aliphatic carboxylic acids is 1. The molecular formula is C20H34O6. The van der Waals surface area contributed by atoms with Crippen LogP contribution in [0.1, 0.15) is 64.7 Å². The number of carboxylic acids is 1. The van der Waals surface area contributed by atoms with Crippen LogP contribution >= 0.6 is 0 Å². The number of aliphatic hydroxyl groups excluding tert-OH is 3. The summed E-state index contributed by atoms with van der Waals surface area (Å²) in [5.74, 6) is -0.889. The largest absolute Gasteiger partial charge is 0.481 e. The van der Waals surface area contributed by atoms with Gasteiger partial charge in [-0.25, -0.2) is 0 Å². The molecule has 1 aliphatic heterocycles. The molecule has 0 aromatic carbocycles. The highest BCUT2D eigenvalue weighted by molar-refractivity contribution is 5.66. The molecular weight excluding hydrogens is 336 g/mol. The fraction of sp³-hybridized carbons (Fsp3) is 0.750. The zero-order valence-electron chi connectivity index (χ0n) is 15.7. The number of rotatable bonds is 13. The van der Waals surface area contributed by atoms with E-state index in [0.29, 0.717) is 25.7 Å². The van der Waals surface area contributed by atoms with Gasteiger partial charge in [-0.15, -0.1) is 0 Å². The first kappa shape index (κ1) is 22.8. The SMILES string of the molecule is CCCCC/C=C\C[C@@H]1O[C@@H]([C@H](O)/C=C/[C@@H](O)CCCC(=O)O)C[C@H]1O. The highest BCUT2D eigenvalue weighted by Gasteiger charge is 2.36. The molecule has 0 aromatic heterocycles. The van der Waals surface area contributed by atoms with Crippen molar-refractivity contribution in [3.63, 3.8) is 0 Å². The van der Waals surface area contributed by atoms with Crippen molar-refractivity contribution >= 4 is 5.97 Å². The molecule has 6 nitrogen and oxygen atoms in total. The molecule has 1 aliphatic rings. The quantitative estimate of drug-likeness (QED) is 0.293. The lowest BCUT2D eigenvalue weighted by molar-refractivity contribution is -0.137. The third-order valence-corrected chi connectivity index (χ3v) is 4.56. The second-order valence-electron chi connectivity index (χ2n) is 6.95. The van der Waals surface area contributed by atoms with Gasteiger partial charge in [0.1, 0.15) is 0 Å². The van der Waals surface area contributed by atoms with Crippen LogP contribution in [0.25, 0.3) is 0 Å². The average molecular weight is 370 g/mol. The Morgan fingerprint density at radius 2 is 1.96 bits per heavy atom. The summed E-state index contributed by atoms with van der Waals surface area (Å²) in [6.45, 7) is 2.17. The minimum Gasteiger partial charge on any atom is -0.481 e. The normalized spacial score (nSPS) is 25.9. The zero-order chi connectivity index (χ0) is 19.4. The van der Waals surface area contributed by atoms with Gasteiger partial charge in [0.05, 0.1) is 30.5 Å². The topological polar surface area (TPSA) is 107 Å². The van der Waals surface area contributed by atoms with Crippen molar-refractivity contribution in [2.24, 2.45) is 0 Å². The van der Waals surface area contributed by atoms with Gasteiger partial charge in [0.25, 0.3) is 0 Å². The number of allylic oxidation sites excluding steroid dienone is 1. The summed E-state index contributed by atoms with van der Waals surface area (Å²) in [6, 6.07) is 0. The molecule has 0 amide bonds. The number of aliphatic hydroxyl groups is 3. The van der Waals surface area contributed by atoms with Crippen LogP contribution in [0.5, 0.6) is 0 Å². The molecule has 6 heteroatoms. The second-order valence-corrected chi connectivity index (χ2v) is 6.95. The van der Waals surface area contributed by atoms with Gasteiger partial charge in [-0.1, -0.05) is 44.1 Å². The molecule has 5 atom stereocenters. The molecule has 1 heterocycles. The maximum Gasteiger partial charge on any atom is 0.303 e. The molecule has 0 unspecified atom stereocenters. The van der Waals surface area contributed by atoms with E-state index in [2.05, 4.69) is 13.0 Å². The average Bonchev–Trinajstić information content (AvgIpc) is 2.96. The summed E-state index contributed by atoms with van der Waals surface area (Å²) in [7, 11) is 0. The third kappa shape index (κ3) is 9.48. The Labute approximate surface area is 156 Å². The Kier molecular flexibility index (Phi) is 11.4. The summed E-state index contributed by atoms with van der Waals surface area (Å²) in [4.78, 5) is 10.4. The minimum atomic E-state index is -0.905. The molecule has 0 aliphatic carbocycles. The number of hydrogen-bond donors (Lipinski definition) is 4. The van der Waals surface area contributed by atoms with E-state index >= 15 is 0 Å². The van der Waals surface area contributed by atoms with Crippen LogP contribution in [0, 0.1) is 0 Å². The molecule has 1 rings (SSSR count). The standard InChI is InChI=1S/C20H34O6/c1-2-3-4-5-6-7-10-18-17(23)14-19(26-18)16(22)13-12-15(21)9-8-11-20(24)25/h6-7,12-13,15-19,21-23H,2-5,8-11,14H2,1H3,(H,24,25)/b7-6-,13-12+/t15-,16+,17+,18-,19+/m0/s1. The monoisotopic (exact) mass is 370 g/mol. The van der Waals surface area contributed by atoms with Crippen LogP contribution in [0.2, 0.25) is 0 Å². The summed E-state index contributed by atoms with van der Waals surface area (Å²) >= 11 is 0. The smallest absolute Gasteiger partial charge is 0.303 e. The highest BCUT2D eigenvalue weighted by atomic mass is 16.5. The van der Waals surface area contributed by atoms with E-state index in [-0.39, 0.29) is 12.5 Å². The van der Waals surface area contributed by atoms with Crippen molar-refractivity contribution < 1.29 is 30.0 Å². The summed E-state index contributed by atoms with van der Waals surface area (Å²) < 4.78 is 5.75. The van der Waals surface area contributed by atoms with E-state index in [1.54, 1.807) is 0 Å². The van der Waals surface area contributed by atoms with Crippen molar-refractivity contribution in [2.45, 2.75) is 95.2 Å². The Hall–Kier alpha value is -1.21. The van der Waals surface area contributed by atoms with Crippen LogP contribution in [0.3, 0.4) is 0 Å². The molecule has 0 aromatic rings. The van der Waals surface area contributed by atoms with E-state index in [0.717, 1.165) is 6.42 Å². The summed E-state index contributed by atoms with van der Waals surface area (Å²) in [5, 5.41) is 38.6. The molecule has 26 heavy (non-hydrogen) atoms. The number of carboxylic acid groups (broad SMARTS) is 1. The molecule has 1 fully saturated rings. The van der Waals surface area contributed by atoms with Gasteiger partial charge in [-0.05, 0) is 32.1 Å². The highest BCUT2D eigenvalue weighted by Crippen LogP contribution is 2.26. The van der Waals surface area contributed by atoms with Crippen LogP contribution in [-0.4, -0.2) is 56.9 Å². The Bertz CT molecular complexity index is 448. The molecule has 150 valence electrons. The predicted octanol–water partition coefficient (Wildman–Crippen LogP) is 2.56. The van der Waals surface area contributed by atoms with Crippen molar-refractivity contribution in [1.29, 1.82) is 0 Å². The molecule has 1 saturated heterocycles. The molecule has 0 spiro atoms. The van der Waals surface area contributed by atoms with Crippen molar-refractivity contribution in [3.05, 3.63) is 24.3 Å². The van der Waals surface area contributed by atoms with E-state index in [1.165, 1.54) is 31.4 Å². The van der Waals surface area contributed by atoms with E-state index in [4.69, 9.17) is 9.84 Å². The lowest BCUT2D eigenvalue weighted by Gasteiger charge is -2.16. The van der Waals surface area contributed by atoms with Crippen LogP contribution in [0.15, 0.2) is 24.3 Å². The Morgan fingerprint density at radius 3 is 2.65 bits per heavy atom. The minimum absolute atomic E-state index is 0.0129. The number of unbranched alkanes of at least 4 members (excludes halogenated alkanes) is 3. The molecule has 0 radical (unpaired) electrons. The van der Waals surface area contributed by atoms with E-state index in [1.807, 2.05) is 6.08 Å². The first-order valence-electron chi connectivity index (χ1n) is 9.68. The van der Waals surface area contributed by atoms with Gasteiger partial charge in [0.2, 0.25) is 0 Å². The summed E-state index contributed by atoms with van der Waals surface area (Å²) in [6.07, 6.45) is 10.3. The number of carbonyl (C=O) groups is 1. The van der Waals surface area contributed by atoms with Crippen molar-refractivity contribution in [3.8, 4) is 0 Å². The fourth-order valence-corrected chi connectivity index (χ4v) is 2.98. The van der Waals surface area contributed by atoms with Crippen LogP contribution in [0.4, 0.5) is 0 Å². The van der Waals surface area contributed by atoms with E-state index in [9.17, 15) is 20.1 Å². The van der Waals surface area contributed by atoms with Gasteiger partial charge in [0.15, 0.2) is 0 Å². The first-order chi connectivity index (χ1) is 12.4. The number of ether oxygens (including phenoxy) is 1. The Morgan fingerprint density at radius 1 is 1.19 bits per heavy atom. The first-order valence-corrected chi connectivity index (χ1v) is 9.68. The molecule has 0 saturated carbocycles. The maximum absolute atomic E-state index is 10.4. The lowest BCUT2D eigenvalue weighted by atomic mass is 10.0. The van der Waals surface area contributed by atoms with E-state index < -0.39 is 30.4 Å². The predicted molar refractivity (Wildman–Crippen MR) is 99.8 cm³/mol. The maximum atomic E-state index is 10.4. The second kappa shape index (κ2) is 13.0. The van der Waals surface area contributed by atoms with Crippen LogP contribution < -0.4 is 0 Å². The Balaban J connectivity index is 2.31. The van der Waals surface area contributed by atoms with Crippen LogP contribution in [-0.2, 0) is 9.53 Å². The van der Waals surface area contributed by atoms with Gasteiger partial charge >= 0.3 is 5.97 Å². The number of hydrogen-bond acceptors (Lipinski definition) is 5. The van der Waals surface area contributed by atoms with Gasteiger partial charge in [-0.3, -0.25) is 4.79 Å². The summed E-state index contributed by atoms with van der Waals surface area (Å²) in [5.41, 5.74) is 0. The third-order valence-electron chi connectivity index (χ3n) is 4.56. The zero-order valence-corrected chi connectivity index (χ0v) is 15.7. The van der Waals surface area contributed by atoms with Gasteiger partial charge in [0, 0.05) is 12.8 Å². The van der Waals surface area contributed by atoms with Gasteiger partial charge in [-0.2, -0.15) is 0 Å². The molecule has 4 N–H and O–H groups in total. The van der Waals surface area contributed by atoms with Crippen molar-refractivity contribution in [1.82, 2.24) is 0 Å². The van der Waals surface area contributed by atoms with Gasteiger partial charge < -0.3 is 25.2 Å². The molecule has 0 bridgehead atoms. The fourth-order valence-electron chi connectivity index (χ4n) is 2.98. The lowest BCUT2D eigenvalue weighted by Crippen LogP contribution is -2.24.